The number of methoxy groups -OCH3 is 3. The third-order valence-electron chi connectivity index (χ3n) is 5.01. The smallest absolute Gasteiger partial charge is 0.240 e. The third-order valence-corrected chi connectivity index (χ3v) is 5.01. The number of fused-ring (bicyclic) bond motifs is 1. The van der Waals surface area contributed by atoms with Gasteiger partial charge >= 0.3 is 0 Å². The van der Waals surface area contributed by atoms with Crippen molar-refractivity contribution < 1.29 is 28.5 Å². The topological polar surface area (TPSA) is 78.8 Å². The van der Waals surface area contributed by atoms with E-state index in [1.54, 1.807) is 21.3 Å². The van der Waals surface area contributed by atoms with E-state index in [1.807, 2.05) is 30.3 Å². The minimum atomic E-state index is -0.240. The number of carbonyl (C=O) groups is 1. The van der Waals surface area contributed by atoms with Crippen molar-refractivity contribution in [2.24, 2.45) is 5.10 Å². The van der Waals surface area contributed by atoms with Crippen molar-refractivity contribution >= 4 is 11.6 Å². The van der Waals surface area contributed by atoms with Crippen LogP contribution in [-0.4, -0.2) is 44.8 Å². The molecule has 0 unspecified atom stereocenters. The normalized spacial score (nSPS) is 17.2. The van der Waals surface area contributed by atoms with Gasteiger partial charge < -0.3 is 23.7 Å². The molecule has 0 saturated carbocycles. The Bertz CT molecular complexity index is 962. The minimum absolute atomic E-state index is 0.143. The molecule has 2 aromatic rings. The largest absolute Gasteiger partial charge is 0.493 e. The highest BCUT2D eigenvalue weighted by molar-refractivity contribution is 6.04. The Balaban J connectivity index is 1.71. The first-order chi connectivity index (χ1) is 14.0. The van der Waals surface area contributed by atoms with Gasteiger partial charge in [-0.3, -0.25) is 4.79 Å². The molecule has 2 heterocycles. The highest BCUT2D eigenvalue weighted by Gasteiger charge is 2.33. The lowest BCUT2D eigenvalue weighted by Gasteiger charge is -2.20. The van der Waals surface area contributed by atoms with Gasteiger partial charge in [0.05, 0.1) is 33.1 Å². The Labute approximate surface area is 168 Å². The van der Waals surface area contributed by atoms with Crippen LogP contribution in [-0.2, 0) is 4.79 Å². The highest BCUT2D eigenvalue weighted by atomic mass is 16.7. The Morgan fingerprint density at radius 1 is 1.03 bits per heavy atom. The summed E-state index contributed by atoms with van der Waals surface area (Å²) >= 11 is 0. The molecule has 1 amide bonds. The van der Waals surface area contributed by atoms with E-state index in [4.69, 9.17) is 23.7 Å². The van der Waals surface area contributed by atoms with Gasteiger partial charge in [-0.1, -0.05) is 6.07 Å². The van der Waals surface area contributed by atoms with Gasteiger partial charge in [-0.15, -0.1) is 0 Å². The number of benzene rings is 2. The molecule has 4 rings (SSSR count). The maximum atomic E-state index is 12.3. The molecule has 1 atom stereocenters. The van der Waals surface area contributed by atoms with Crippen LogP contribution in [0.4, 0.5) is 0 Å². The number of hydrogen-bond donors (Lipinski definition) is 0. The van der Waals surface area contributed by atoms with Crippen molar-refractivity contribution in [3.05, 3.63) is 41.5 Å². The fourth-order valence-electron chi connectivity index (χ4n) is 3.60. The van der Waals surface area contributed by atoms with Crippen molar-refractivity contribution in [3.8, 4) is 28.7 Å². The zero-order valence-corrected chi connectivity index (χ0v) is 16.7. The number of ether oxygens (including phenoxy) is 5. The number of nitrogens with zero attached hydrogens (tertiary/aromatic N) is 2. The van der Waals surface area contributed by atoms with Crippen LogP contribution < -0.4 is 23.7 Å². The summed E-state index contributed by atoms with van der Waals surface area (Å²) in [6.45, 7) is 1.70. The number of amides is 1. The van der Waals surface area contributed by atoms with E-state index in [0.29, 0.717) is 35.2 Å². The number of hydrazone groups is 1. The molecular weight excluding hydrogens is 376 g/mol. The van der Waals surface area contributed by atoms with Crippen molar-refractivity contribution in [1.29, 1.82) is 0 Å². The molecule has 8 heteroatoms. The zero-order chi connectivity index (χ0) is 20.5. The maximum Gasteiger partial charge on any atom is 0.240 e. The highest BCUT2D eigenvalue weighted by Crippen LogP contribution is 2.42. The molecule has 2 aliphatic rings. The van der Waals surface area contributed by atoms with Crippen LogP contribution in [0, 0.1) is 0 Å². The van der Waals surface area contributed by atoms with Crippen LogP contribution in [0.2, 0.25) is 0 Å². The second-order valence-corrected chi connectivity index (χ2v) is 6.66. The summed E-state index contributed by atoms with van der Waals surface area (Å²) in [7, 11) is 4.68. The standard InChI is InChI=1S/C21H22N2O6/c1-12(24)23-16(13-5-6-17-18(7-13)29-11-28-17)10-15(22-23)14-8-19(25-2)21(27-4)20(9-14)26-3/h5-9,16H,10-11H2,1-4H3/t16-/m1/s1. The average Bonchev–Trinajstić information content (AvgIpc) is 3.39. The predicted molar refractivity (Wildman–Crippen MR) is 105 cm³/mol. The van der Waals surface area contributed by atoms with Crippen molar-refractivity contribution in [2.75, 3.05) is 28.1 Å². The molecule has 0 saturated heterocycles. The molecule has 2 aromatic carbocycles. The van der Waals surface area contributed by atoms with Crippen molar-refractivity contribution in [1.82, 2.24) is 5.01 Å². The lowest BCUT2D eigenvalue weighted by molar-refractivity contribution is -0.130. The predicted octanol–water partition coefficient (Wildman–Crippen LogP) is 3.14. The van der Waals surface area contributed by atoms with E-state index in [-0.39, 0.29) is 18.7 Å². The summed E-state index contributed by atoms with van der Waals surface area (Å²) in [4.78, 5) is 12.3. The van der Waals surface area contributed by atoms with Gasteiger partial charge in [0, 0.05) is 18.9 Å². The van der Waals surface area contributed by atoms with Crippen molar-refractivity contribution in [3.63, 3.8) is 0 Å². The second-order valence-electron chi connectivity index (χ2n) is 6.66. The maximum absolute atomic E-state index is 12.3. The van der Waals surface area contributed by atoms with Crippen molar-refractivity contribution in [2.45, 2.75) is 19.4 Å². The lowest BCUT2D eigenvalue weighted by Crippen LogP contribution is -2.24. The van der Waals surface area contributed by atoms with E-state index < -0.39 is 0 Å². The monoisotopic (exact) mass is 398 g/mol. The van der Waals surface area contributed by atoms with Crippen LogP contribution in [0.5, 0.6) is 28.7 Å². The molecule has 0 aliphatic carbocycles. The summed E-state index contributed by atoms with van der Waals surface area (Å²) < 4.78 is 27.1. The number of hydrogen-bond acceptors (Lipinski definition) is 7. The summed E-state index contributed by atoms with van der Waals surface area (Å²) in [5.41, 5.74) is 2.48. The molecule has 2 aliphatic heterocycles. The fraction of sp³-hybridized carbons (Fsp3) is 0.333. The molecule has 0 spiro atoms. The average molecular weight is 398 g/mol. The first-order valence-corrected chi connectivity index (χ1v) is 9.13. The van der Waals surface area contributed by atoms with Gasteiger partial charge in [0.1, 0.15) is 0 Å². The summed E-state index contributed by atoms with van der Waals surface area (Å²) in [6.07, 6.45) is 0.540. The Morgan fingerprint density at radius 2 is 1.72 bits per heavy atom. The van der Waals surface area contributed by atoms with E-state index >= 15 is 0 Å². The lowest BCUT2D eigenvalue weighted by atomic mass is 9.97. The van der Waals surface area contributed by atoms with E-state index in [2.05, 4.69) is 5.10 Å². The molecule has 8 nitrogen and oxygen atoms in total. The van der Waals surface area contributed by atoms with Crippen LogP contribution in [0.3, 0.4) is 0 Å². The third kappa shape index (κ3) is 3.30. The van der Waals surface area contributed by atoms with Gasteiger partial charge in [0.25, 0.3) is 0 Å². The Kier molecular flexibility index (Phi) is 4.92. The first kappa shape index (κ1) is 18.9. The van der Waals surface area contributed by atoms with Crippen LogP contribution in [0.25, 0.3) is 0 Å². The van der Waals surface area contributed by atoms with Gasteiger partial charge in [0.2, 0.25) is 18.4 Å². The van der Waals surface area contributed by atoms with E-state index in [9.17, 15) is 4.79 Å². The molecule has 0 N–H and O–H groups in total. The number of rotatable bonds is 5. The number of carbonyl (C=O) groups excluding carboxylic acids is 1. The van der Waals surface area contributed by atoms with Gasteiger partial charge in [-0.25, -0.2) is 5.01 Å². The van der Waals surface area contributed by atoms with Crippen LogP contribution in [0.1, 0.15) is 30.5 Å². The summed E-state index contributed by atoms with van der Waals surface area (Å²) in [5, 5.41) is 6.09. The SMILES string of the molecule is COc1cc(C2=NN(C(C)=O)[C@@H](c3ccc4c(c3)OCO4)C2)cc(OC)c1OC. The minimum Gasteiger partial charge on any atom is -0.493 e. The van der Waals surface area contributed by atoms with Crippen LogP contribution in [0.15, 0.2) is 35.4 Å². The zero-order valence-electron chi connectivity index (χ0n) is 16.7. The molecular formula is C21H22N2O6. The van der Waals surface area contributed by atoms with Crippen LogP contribution >= 0.6 is 0 Å². The molecule has 29 heavy (non-hydrogen) atoms. The van der Waals surface area contributed by atoms with E-state index in [1.165, 1.54) is 11.9 Å². The summed E-state index contributed by atoms with van der Waals surface area (Å²) in [5.74, 6) is 2.80. The Hall–Kier alpha value is -3.42. The second kappa shape index (κ2) is 7.54. The molecule has 0 fully saturated rings. The van der Waals surface area contributed by atoms with Gasteiger partial charge in [-0.2, -0.15) is 5.10 Å². The molecule has 152 valence electrons. The summed E-state index contributed by atoms with van der Waals surface area (Å²) in [6, 6.07) is 9.11. The van der Waals surface area contributed by atoms with Gasteiger partial charge in [0.15, 0.2) is 23.0 Å². The van der Waals surface area contributed by atoms with Gasteiger partial charge in [-0.05, 0) is 29.8 Å². The quantitative estimate of drug-likeness (QED) is 0.770. The molecule has 0 aromatic heterocycles. The first-order valence-electron chi connectivity index (χ1n) is 9.13. The fourth-order valence-corrected chi connectivity index (χ4v) is 3.60. The molecule has 0 bridgehead atoms. The Morgan fingerprint density at radius 3 is 2.34 bits per heavy atom. The van der Waals surface area contributed by atoms with E-state index in [0.717, 1.165) is 16.8 Å². The molecule has 0 radical (unpaired) electrons.